The molecule has 1 fully saturated rings. The van der Waals surface area contributed by atoms with Crippen molar-refractivity contribution in [3.8, 4) is 5.75 Å². The van der Waals surface area contributed by atoms with Crippen molar-refractivity contribution < 1.29 is 14.3 Å². The van der Waals surface area contributed by atoms with Crippen LogP contribution in [0.25, 0.3) is 0 Å². The van der Waals surface area contributed by atoms with Crippen LogP contribution in [0.15, 0.2) is 53.0 Å². The zero-order valence-corrected chi connectivity index (χ0v) is 17.9. The van der Waals surface area contributed by atoms with E-state index in [2.05, 4.69) is 21.2 Å². The Morgan fingerprint density at radius 2 is 2.07 bits per heavy atom. The molecule has 1 atom stereocenters. The fourth-order valence-corrected chi connectivity index (χ4v) is 3.59. The van der Waals surface area contributed by atoms with Gasteiger partial charge >= 0.3 is 6.03 Å². The van der Waals surface area contributed by atoms with E-state index in [0.717, 1.165) is 22.2 Å². The molecule has 1 unspecified atom stereocenters. The van der Waals surface area contributed by atoms with Gasteiger partial charge in [0.1, 0.15) is 11.9 Å². The molecule has 0 bridgehead atoms. The first-order chi connectivity index (χ1) is 13.5. The quantitative estimate of drug-likeness (QED) is 0.707. The van der Waals surface area contributed by atoms with Crippen LogP contribution >= 0.6 is 15.9 Å². The maximum atomic E-state index is 12.5. The van der Waals surface area contributed by atoms with Crippen LogP contribution in [0.5, 0.6) is 5.75 Å². The molecular weight excluding hydrogens is 420 g/mol. The van der Waals surface area contributed by atoms with Crippen molar-refractivity contribution in [1.82, 2.24) is 10.2 Å². The summed E-state index contributed by atoms with van der Waals surface area (Å²) in [7, 11) is 0. The number of urea groups is 1. The van der Waals surface area contributed by atoms with Gasteiger partial charge < -0.3 is 19.7 Å². The molecule has 6 heteroatoms. The molecule has 1 aliphatic heterocycles. The Balaban J connectivity index is 1.46. The number of ether oxygens (including phenoxy) is 2. The molecule has 150 valence electrons. The second-order valence-corrected chi connectivity index (χ2v) is 8.07. The van der Waals surface area contributed by atoms with Crippen molar-refractivity contribution in [2.75, 3.05) is 26.2 Å². The third-order valence-electron chi connectivity index (χ3n) is 4.56. The van der Waals surface area contributed by atoms with Gasteiger partial charge in [-0.2, -0.15) is 0 Å². The van der Waals surface area contributed by atoms with Crippen LogP contribution in [-0.4, -0.2) is 43.3 Å². The van der Waals surface area contributed by atoms with E-state index >= 15 is 0 Å². The van der Waals surface area contributed by atoms with Crippen molar-refractivity contribution in [1.29, 1.82) is 0 Å². The van der Waals surface area contributed by atoms with E-state index in [9.17, 15) is 4.79 Å². The predicted octanol–water partition coefficient (Wildman–Crippen LogP) is 4.56. The van der Waals surface area contributed by atoms with Crippen LogP contribution in [0, 0.1) is 0 Å². The topological polar surface area (TPSA) is 50.8 Å². The number of morpholine rings is 1. The van der Waals surface area contributed by atoms with Crippen LogP contribution in [0.1, 0.15) is 31.1 Å². The lowest BCUT2D eigenvalue weighted by Crippen LogP contribution is -2.47. The number of carbonyl (C=O) groups is 1. The molecule has 1 heterocycles. The Bertz CT molecular complexity index is 780. The molecule has 1 saturated heterocycles. The maximum absolute atomic E-state index is 12.5. The van der Waals surface area contributed by atoms with Gasteiger partial charge in [-0.1, -0.05) is 40.2 Å². The highest BCUT2D eigenvalue weighted by Gasteiger charge is 2.25. The summed E-state index contributed by atoms with van der Waals surface area (Å²) < 4.78 is 12.5. The average molecular weight is 447 g/mol. The van der Waals surface area contributed by atoms with Gasteiger partial charge in [-0.15, -0.1) is 0 Å². The highest BCUT2D eigenvalue weighted by Crippen LogP contribution is 2.24. The molecule has 28 heavy (non-hydrogen) atoms. The number of hydrogen-bond donors (Lipinski definition) is 1. The van der Waals surface area contributed by atoms with E-state index in [-0.39, 0.29) is 18.2 Å². The number of nitrogens with zero attached hydrogens (tertiary/aromatic N) is 1. The van der Waals surface area contributed by atoms with Crippen molar-refractivity contribution in [2.45, 2.75) is 32.5 Å². The normalized spacial score (nSPS) is 16.9. The van der Waals surface area contributed by atoms with Crippen LogP contribution in [-0.2, 0) is 11.2 Å². The van der Waals surface area contributed by atoms with Gasteiger partial charge in [-0.25, -0.2) is 4.79 Å². The molecule has 0 radical (unpaired) electrons. The monoisotopic (exact) mass is 446 g/mol. The smallest absolute Gasteiger partial charge is 0.317 e. The van der Waals surface area contributed by atoms with E-state index < -0.39 is 0 Å². The number of halogens is 1. The highest BCUT2D eigenvalue weighted by atomic mass is 79.9. The van der Waals surface area contributed by atoms with Crippen LogP contribution < -0.4 is 10.1 Å². The zero-order chi connectivity index (χ0) is 19.9. The molecule has 0 aliphatic carbocycles. The first kappa shape index (κ1) is 20.7. The molecular formula is C22H27BrN2O3. The predicted molar refractivity (Wildman–Crippen MR) is 114 cm³/mol. The molecule has 2 aromatic rings. The maximum Gasteiger partial charge on any atom is 0.317 e. The first-order valence-electron chi connectivity index (χ1n) is 9.66. The lowest BCUT2D eigenvalue weighted by Gasteiger charge is -2.33. The van der Waals surface area contributed by atoms with E-state index in [1.807, 2.05) is 67.3 Å². The summed E-state index contributed by atoms with van der Waals surface area (Å²) in [6, 6.07) is 16.0. The minimum atomic E-state index is -0.0921. The van der Waals surface area contributed by atoms with E-state index in [0.29, 0.717) is 26.2 Å². The number of rotatable bonds is 6. The number of carbonyl (C=O) groups excluding carboxylic acids is 1. The third kappa shape index (κ3) is 5.97. The Morgan fingerprint density at radius 1 is 1.29 bits per heavy atom. The lowest BCUT2D eigenvalue weighted by atomic mass is 10.1. The summed E-state index contributed by atoms with van der Waals surface area (Å²) in [5.41, 5.74) is 2.25. The van der Waals surface area contributed by atoms with Crippen LogP contribution in [0.2, 0.25) is 0 Å². The summed E-state index contributed by atoms with van der Waals surface area (Å²) >= 11 is 3.49. The summed E-state index contributed by atoms with van der Waals surface area (Å²) in [6.45, 7) is 6.33. The minimum Gasteiger partial charge on any atom is -0.491 e. The molecule has 3 rings (SSSR count). The van der Waals surface area contributed by atoms with Crippen molar-refractivity contribution in [3.63, 3.8) is 0 Å². The number of amides is 2. The Hall–Kier alpha value is -2.05. The molecule has 2 amide bonds. The third-order valence-corrected chi connectivity index (χ3v) is 5.05. The summed E-state index contributed by atoms with van der Waals surface area (Å²) in [5.74, 6) is 0.870. The fourth-order valence-electron chi connectivity index (χ4n) is 3.17. The Kier molecular flexibility index (Phi) is 7.34. The largest absolute Gasteiger partial charge is 0.491 e. The van der Waals surface area contributed by atoms with Gasteiger partial charge in [0.2, 0.25) is 0 Å². The van der Waals surface area contributed by atoms with E-state index in [1.54, 1.807) is 0 Å². The molecule has 0 saturated carbocycles. The lowest BCUT2D eigenvalue weighted by molar-refractivity contribution is -0.0154. The van der Waals surface area contributed by atoms with Gasteiger partial charge in [-0.3, -0.25) is 0 Å². The van der Waals surface area contributed by atoms with Gasteiger partial charge in [0.25, 0.3) is 0 Å². The molecule has 5 nitrogen and oxygen atoms in total. The number of hydrogen-bond acceptors (Lipinski definition) is 3. The summed E-state index contributed by atoms with van der Waals surface area (Å²) in [5, 5.41) is 3.02. The van der Waals surface area contributed by atoms with Crippen molar-refractivity contribution in [3.05, 3.63) is 64.1 Å². The molecule has 0 spiro atoms. The Labute approximate surface area is 175 Å². The Morgan fingerprint density at radius 3 is 2.79 bits per heavy atom. The van der Waals surface area contributed by atoms with E-state index in [4.69, 9.17) is 9.47 Å². The van der Waals surface area contributed by atoms with Gasteiger partial charge in [0.05, 0.1) is 19.3 Å². The fraction of sp³-hybridized carbons (Fsp3) is 0.409. The second kappa shape index (κ2) is 9.94. The molecule has 1 N–H and O–H groups in total. The molecule has 1 aliphatic rings. The average Bonchev–Trinajstić information content (AvgIpc) is 2.69. The standard InChI is InChI=1S/C22H27BrN2O3/c1-16(2)28-20-8-6-17(7-9-20)10-11-24-22(26)25-12-13-27-21(15-25)18-4-3-5-19(23)14-18/h3-9,14,16,21H,10-13,15H2,1-2H3,(H,24,26). The van der Waals surface area contributed by atoms with Crippen LogP contribution in [0.3, 0.4) is 0 Å². The van der Waals surface area contributed by atoms with Gasteiger partial charge in [0, 0.05) is 17.6 Å². The first-order valence-corrected chi connectivity index (χ1v) is 10.5. The van der Waals surface area contributed by atoms with Crippen molar-refractivity contribution >= 4 is 22.0 Å². The molecule has 2 aromatic carbocycles. The number of nitrogens with one attached hydrogen (secondary N) is 1. The zero-order valence-electron chi connectivity index (χ0n) is 16.4. The highest BCUT2D eigenvalue weighted by molar-refractivity contribution is 9.10. The summed E-state index contributed by atoms with van der Waals surface area (Å²) in [6.07, 6.45) is 0.859. The van der Waals surface area contributed by atoms with E-state index in [1.165, 1.54) is 5.56 Å². The SMILES string of the molecule is CC(C)Oc1ccc(CCNC(=O)N2CCOC(c3cccc(Br)c3)C2)cc1. The second-order valence-electron chi connectivity index (χ2n) is 7.15. The minimum absolute atomic E-state index is 0.0388. The molecule has 0 aromatic heterocycles. The van der Waals surface area contributed by atoms with Crippen LogP contribution in [0.4, 0.5) is 4.79 Å². The summed E-state index contributed by atoms with van der Waals surface area (Å²) in [4.78, 5) is 14.4. The van der Waals surface area contributed by atoms with Crippen molar-refractivity contribution in [2.24, 2.45) is 0 Å². The van der Waals surface area contributed by atoms with Gasteiger partial charge in [0.15, 0.2) is 0 Å². The van der Waals surface area contributed by atoms with Gasteiger partial charge in [-0.05, 0) is 55.7 Å². The number of benzene rings is 2.